The molecule has 16 heavy (non-hydrogen) atoms. The summed E-state index contributed by atoms with van der Waals surface area (Å²) in [6.07, 6.45) is 1.88. The molecule has 0 saturated heterocycles. The number of nitrogens with zero attached hydrogens (tertiary/aromatic N) is 2. The summed E-state index contributed by atoms with van der Waals surface area (Å²) in [6.45, 7) is 7.62. The van der Waals surface area contributed by atoms with E-state index in [1.165, 1.54) is 5.56 Å². The molecule has 3 nitrogen and oxygen atoms in total. The second-order valence-electron chi connectivity index (χ2n) is 4.73. The molecule has 1 atom stereocenters. The Morgan fingerprint density at radius 2 is 2.06 bits per heavy atom. The van der Waals surface area contributed by atoms with Gasteiger partial charge in [0.2, 0.25) is 0 Å². The molecule has 3 heteroatoms. The number of hydrogen-bond donors (Lipinski definition) is 1. The Hall–Kier alpha value is -1.09. The topological polar surface area (TPSA) is 28.2 Å². The third-order valence-electron chi connectivity index (χ3n) is 2.73. The first-order valence-corrected chi connectivity index (χ1v) is 5.89. The Kier molecular flexibility index (Phi) is 4.74. The summed E-state index contributed by atoms with van der Waals surface area (Å²) in [5.74, 6) is 1.70. The van der Waals surface area contributed by atoms with Gasteiger partial charge in [0.05, 0.1) is 0 Å². The monoisotopic (exact) mass is 221 g/mol. The van der Waals surface area contributed by atoms with E-state index >= 15 is 0 Å². The van der Waals surface area contributed by atoms with Crippen molar-refractivity contribution < 1.29 is 0 Å². The molecule has 1 aromatic heterocycles. The minimum Gasteiger partial charge on any atom is -0.359 e. The predicted molar refractivity (Wildman–Crippen MR) is 69.8 cm³/mol. The lowest BCUT2D eigenvalue weighted by atomic mass is 10.1. The number of pyridine rings is 1. The largest absolute Gasteiger partial charge is 0.359 e. The molecule has 0 aliphatic rings. The molecule has 1 aromatic rings. The average molecular weight is 221 g/mol. The molecule has 0 aliphatic heterocycles. The van der Waals surface area contributed by atoms with Gasteiger partial charge >= 0.3 is 0 Å². The molecular weight excluding hydrogens is 198 g/mol. The summed E-state index contributed by atoms with van der Waals surface area (Å²) < 4.78 is 0. The zero-order valence-corrected chi connectivity index (χ0v) is 11.0. The Labute approximate surface area is 98.9 Å². The summed E-state index contributed by atoms with van der Waals surface area (Å²) in [5.41, 5.74) is 1.28. The van der Waals surface area contributed by atoms with Crippen molar-refractivity contribution in [2.45, 2.75) is 26.8 Å². The van der Waals surface area contributed by atoms with Gasteiger partial charge in [0.25, 0.3) is 0 Å². The highest BCUT2D eigenvalue weighted by atomic mass is 15.2. The van der Waals surface area contributed by atoms with Gasteiger partial charge in [0, 0.05) is 25.8 Å². The van der Waals surface area contributed by atoms with Crippen LogP contribution in [-0.2, 0) is 0 Å². The third kappa shape index (κ3) is 3.49. The standard InChI is InChI=1S/C13H23N3/c1-10(2)9-16(5)13-8-12(6-7-15-13)11(3)14-4/h6-8,10-11,14H,9H2,1-5H3. The van der Waals surface area contributed by atoms with Crippen LogP contribution in [0.2, 0.25) is 0 Å². The number of nitrogens with one attached hydrogen (secondary N) is 1. The first-order chi connectivity index (χ1) is 7.54. The van der Waals surface area contributed by atoms with E-state index in [1.807, 2.05) is 13.2 Å². The van der Waals surface area contributed by atoms with E-state index in [2.05, 4.69) is 55.2 Å². The van der Waals surface area contributed by atoms with E-state index in [-0.39, 0.29) is 0 Å². The van der Waals surface area contributed by atoms with E-state index in [1.54, 1.807) is 0 Å². The van der Waals surface area contributed by atoms with Crippen LogP contribution in [0.4, 0.5) is 5.82 Å². The van der Waals surface area contributed by atoms with Crippen LogP contribution in [0.25, 0.3) is 0 Å². The van der Waals surface area contributed by atoms with E-state index < -0.39 is 0 Å². The number of rotatable bonds is 5. The van der Waals surface area contributed by atoms with E-state index in [9.17, 15) is 0 Å². The smallest absolute Gasteiger partial charge is 0.128 e. The summed E-state index contributed by atoms with van der Waals surface area (Å²) in [7, 11) is 4.07. The highest BCUT2D eigenvalue weighted by Crippen LogP contribution is 2.17. The zero-order valence-electron chi connectivity index (χ0n) is 11.0. The molecule has 0 amide bonds. The van der Waals surface area contributed by atoms with E-state index in [0.29, 0.717) is 12.0 Å². The molecule has 1 N–H and O–H groups in total. The van der Waals surface area contributed by atoms with Gasteiger partial charge in [-0.25, -0.2) is 4.98 Å². The maximum atomic E-state index is 4.41. The van der Waals surface area contributed by atoms with Gasteiger partial charge in [-0.15, -0.1) is 0 Å². The maximum Gasteiger partial charge on any atom is 0.128 e. The first-order valence-electron chi connectivity index (χ1n) is 5.89. The SMILES string of the molecule is CNC(C)c1ccnc(N(C)CC(C)C)c1. The van der Waals surface area contributed by atoms with Crippen molar-refractivity contribution >= 4 is 5.82 Å². The van der Waals surface area contributed by atoms with Gasteiger partial charge in [-0.3, -0.25) is 0 Å². The average Bonchev–Trinajstić information content (AvgIpc) is 2.27. The lowest BCUT2D eigenvalue weighted by Gasteiger charge is -2.21. The minimum absolute atomic E-state index is 0.370. The molecule has 0 spiro atoms. The minimum atomic E-state index is 0.370. The van der Waals surface area contributed by atoms with Gasteiger partial charge in [-0.05, 0) is 37.6 Å². The quantitative estimate of drug-likeness (QED) is 0.828. The Morgan fingerprint density at radius 1 is 1.38 bits per heavy atom. The predicted octanol–water partition coefficient (Wildman–Crippen LogP) is 2.45. The fraction of sp³-hybridized carbons (Fsp3) is 0.615. The summed E-state index contributed by atoms with van der Waals surface area (Å²) >= 11 is 0. The summed E-state index contributed by atoms with van der Waals surface area (Å²) in [5, 5.41) is 3.24. The van der Waals surface area contributed by atoms with Crippen molar-refractivity contribution in [3.8, 4) is 0 Å². The first kappa shape index (κ1) is 13.0. The van der Waals surface area contributed by atoms with Gasteiger partial charge in [-0.2, -0.15) is 0 Å². The number of aromatic nitrogens is 1. The highest BCUT2D eigenvalue weighted by Gasteiger charge is 2.08. The second kappa shape index (κ2) is 5.85. The Balaban J connectivity index is 2.81. The van der Waals surface area contributed by atoms with Crippen molar-refractivity contribution in [2.24, 2.45) is 5.92 Å². The van der Waals surface area contributed by atoms with Crippen LogP contribution in [0.3, 0.4) is 0 Å². The van der Waals surface area contributed by atoms with Crippen molar-refractivity contribution in [3.63, 3.8) is 0 Å². The fourth-order valence-electron chi connectivity index (χ4n) is 1.72. The highest BCUT2D eigenvalue weighted by molar-refractivity contribution is 5.40. The molecule has 0 aromatic carbocycles. The molecule has 0 radical (unpaired) electrons. The van der Waals surface area contributed by atoms with Gasteiger partial charge in [-0.1, -0.05) is 13.8 Å². The third-order valence-corrected chi connectivity index (χ3v) is 2.73. The van der Waals surface area contributed by atoms with Crippen LogP contribution in [-0.4, -0.2) is 25.6 Å². The molecule has 90 valence electrons. The van der Waals surface area contributed by atoms with Crippen LogP contribution in [0.1, 0.15) is 32.4 Å². The van der Waals surface area contributed by atoms with Crippen molar-refractivity contribution in [2.75, 3.05) is 25.5 Å². The molecular formula is C13H23N3. The van der Waals surface area contributed by atoms with E-state index in [0.717, 1.165) is 12.4 Å². The van der Waals surface area contributed by atoms with Gasteiger partial charge in [0.1, 0.15) is 5.82 Å². The van der Waals surface area contributed by atoms with Gasteiger partial charge in [0.15, 0.2) is 0 Å². The number of anilines is 1. The van der Waals surface area contributed by atoms with Crippen LogP contribution in [0.15, 0.2) is 18.3 Å². The molecule has 1 unspecified atom stereocenters. The fourth-order valence-corrected chi connectivity index (χ4v) is 1.72. The van der Waals surface area contributed by atoms with Crippen molar-refractivity contribution in [1.82, 2.24) is 10.3 Å². The van der Waals surface area contributed by atoms with Crippen LogP contribution in [0, 0.1) is 5.92 Å². The molecule has 1 rings (SSSR count). The molecule has 1 heterocycles. The lowest BCUT2D eigenvalue weighted by Crippen LogP contribution is -2.24. The van der Waals surface area contributed by atoms with Crippen molar-refractivity contribution in [3.05, 3.63) is 23.9 Å². The van der Waals surface area contributed by atoms with Crippen LogP contribution in [0.5, 0.6) is 0 Å². The molecule has 0 saturated carbocycles. The summed E-state index contributed by atoms with van der Waals surface area (Å²) in [4.78, 5) is 6.61. The maximum absolute atomic E-state index is 4.41. The van der Waals surface area contributed by atoms with Crippen molar-refractivity contribution in [1.29, 1.82) is 0 Å². The molecule has 0 fully saturated rings. The Morgan fingerprint density at radius 3 is 2.62 bits per heavy atom. The summed E-state index contributed by atoms with van der Waals surface area (Å²) in [6, 6.07) is 4.59. The number of hydrogen-bond acceptors (Lipinski definition) is 3. The van der Waals surface area contributed by atoms with Crippen LogP contribution < -0.4 is 10.2 Å². The lowest BCUT2D eigenvalue weighted by molar-refractivity contribution is 0.630. The molecule has 0 bridgehead atoms. The van der Waals surface area contributed by atoms with Crippen LogP contribution >= 0.6 is 0 Å². The normalized spacial score (nSPS) is 12.9. The molecule has 0 aliphatic carbocycles. The Bertz CT molecular complexity index is 323. The second-order valence-corrected chi connectivity index (χ2v) is 4.73. The van der Waals surface area contributed by atoms with E-state index in [4.69, 9.17) is 0 Å². The zero-order chi connectivity index (χ0) is 12.1. The van der Waals surface area contributed by atoms with Gasteiger partial charge < -0.3 is 10.2 Å².